The molecule has 1 N–H and O–H groups in total. The average molecular weight is 281 g/mol. The summed E-state index contributed by atoms with van der Waals surface area (Å²) in [5, 5.41) is 8.63. The van der Waals surface area contributed by atoms with Gasteiger partial charge in [0.15, 0.2) is 0 Å². The Labute approximate surface area is 86.3 Å². The number of alkyl halides is 1. The van der Waals surface area contributed by atoms with Crippen LogP contribution in [0.4, 0.5) is 4.79 Å². The quantitative estimate of drug-likeness (QED) is 0.361. The van der Waals surface area contributed by atoms with Crippen molar-refractivity contribution in [2.24, 2.45) is 0 Å². The van der Waals surface area contributed by atoms with Crippen LogP contribution < -0.4 is 0 Å². The highest BCUT2D eigenvalue weighted by Crippen LogP contribution is 1.98. The van der Waals surface area contributed by atoms with Crippen molar-refractivity contribution in [1.29, 1.82) is 0 Å². The van der Waals surface area contributed by atoms with Gasteiger partial charge in [0.1, 0.15) is 0 Å². The molecule has 0 saturated carbocycles. The zero-order valence-electron chi connectivity index (χ0n) is 6.79. The number of halogens is 1. The van der Waals surface area contributed by atoms with Gasteiger partial charge in [-0.15, -0.1) is 6.42 Å². The van der Waals surface area contributed by atoms with Crippen molar-refractivity contribution in [1.82, 2.24) is 4.90 Å². The first-order valence-electron chi connectivity index (χ1n) is 3.69. The largest absolute Gasteiger partial charge is 0.465 e. The molecular formula is C8H12INO2. The Morgan fingerprint density at radius 3 is 2.67 bits per heavy atom. The van der Waals surface area contributed by atoms with Gasteiger partial charge in [-0.25, -0.2) is 4.79 Å². The topological polar surface area (TPSA) is 40.5 Å². The van der Waals surface area contributed by atoms with Gasteiger partial charge in [-0.05, 0) is 17.3 Å². The number of terminal acetylenes is 1. The number of hydrogen-bond acceptors (Lipinski definition) is 1. The molecule has 0 aliphatic carbocycles. The summed E-state index contributed by atoms with van der Waals surface area (Å²) in [7, 11) is 0. The van der Waals surface area contributed by atoms with Gasteiger partial charge in [-0.2, -0.15) is 0 Å². The van der Waals surface area contributed by atoms with Crippen LogP contribution in [0.15, 0.2) is 0 Å². The lowest BCUT2D eigenvalue weighted by molar-refractivity contribution is 0.150. The Morgan fingerprint density at radius 2 is 2.25 bits per heavy atom. The van der Waals surface area contributed by atoms with Crippen LogP contribution in [0.25, 0.3) is 0 Å². The van der Waals surface area contributed by atoms with Gasteiger partial charge in [0.05, 0.1) is 6.54 Å². The van der Waals surface area contributed by atoms with E-state index >= 15 is 0 Å². The Bertz CT molecular complexity index is 176. The highest BCUT2D eigenvalue weighted by Gasteiger charge is 2.08. The van der Waals surface area contributed by atoms with Crippen molar-refractivity contribution < 1.29 is 9.90 Å². The van der Waals surface area contributed by atoms with E-state index in [0.717, 1.165) is 17.3 Å². The van der Waals surface area contributed by atoms with Crippen LogP contribution in [0, 0.1) is 12.3 Å². The molecule has 0 aromatic rings. The average Bonchev–Trinajstić information content (AvgIpc) is 2.03. The molecule has 0 unspecified atom stereocenters. The summed E-state index contributed by atoms with van der Waals surface area (Å²) in [6.45, 7) is 0.735. The predicted molar refractivity (Wildman–Crippen MR) is 56.6 cm³/mol. The molecule has 0 radical (unpaired) electrons. The van der Waals surface area contributed by atoms with E-state index in [2.05, 4.69) is 28.5 Å². The summed E-state index contributed by atoms with van der Waals surface area (Å²) >= 11 is 2.27. The standard InChI is InChI=1S/C8H12INO2/c1-2-6-10(8(11)12)7-4-3-5-9/h1H,3-7H2,(H,11,12). The third kappa shape index (κ3) is 5.24. The molecular weight excluding hydrogens is 269 g/mol. The van der Waals surface area contributed by atoms with E-state index in [4.69, 9.17) is 11.5 Å². The first-order valence-corrected chi connectivity index (χ1v) is 5.22. The minimum absolute atomic E-state index is 0.191. The van der Waals surface area contributed by atoms with E-state index in [1.165, 1.54) is 4.90 Å². The second-order valence-corrected chi connectivity index (χ2v) is 3.38. The van der Waals surface area contributed by atoms with Crippen LogP contribution in [0.5, 0.6) is 0 Å². The summed E-state index contributed by atoms with van der Waals surface area (Å²) in [5.41, 5.74) is 0. The number of carboxylic acid groups (broad SMARTS) is 1. The fraction of sp³-hybridized carbons (Fsp3) is 0.625. The number of rotatable bonds is 5. The predicted octanol–water partition coefficient (Wildman–Crippen LogP) is 1.81. The fourth-order valence-corrected chi connectivity index (χ4v) is 1.29. The first-order chi connectivity index (χ1) is 5.72. The number of nitrogens with zero attached hydrogens (tertiary/aromatic N) is 1. The van der Waals surface area contributed by atoms with Crippen molar-refractivity contribution in [3.05, 3.63) is 0 Å². The van der Waals surface area contributed by atoms with Gasteiger partial charge in [-0.3, -0.25) is 4.90 Å². The maximum atomic E-state index is 10.5. The number of hydrogen-bond donors (Lipinski definition) is 1. The van der Waals surface area contributed by atoms with E-state index in [1.54, 1.807) is 0 Å². The zero-order valence-corrected chi connectivity index (χ0v) is 8.95. The molecule has 3 nitrogen and oxygen atoms in total. The molecule has 0 saturated heterocycles. The Morgan fingerprint density at radius 1 is 1.58 bits per heavy atom. The highest BCUT2D eigenvalue weighted by atomic mass is 127. The maximum Gasteiger partial charge on any atom is 0.408 e. The normalized spacial score (nSPS) is 9.00. The lowest BCUT2D eigenvalue weighted by atomic mass is 10.3. The molecule has 0 aromatic carbocycles. The van der Waals surface area contributed by atoms with Crippen LogP contribution in [-0.2, 0) is 0 Å². The van der Waals surface area contributed by atoms with Crippen molar-refractivity contribution in [3.8, 4) is 12.3 Å². The van der Waals surface area contributed by atoms with Gasteiger partial charge < -0.3 is 5.11 Å². The van der Waals surface area contributed by atoms with E-state index in [1.807, 2.05) is 0 Å². The van der Waals surface area contributed by atoms with Crippen molar-refractivity contribution in [2.45, 2.75) is 12.8 Å². The van der Waals surface area contributed by atoms with Crippen LogP contribution in [0.1, 0.15) is 12.8 Å². The molecule has 12 heavy (non-hydrogen) atoms. The number of amides is 1. The Kier molecular flexibility index (Phi) is 6.96. The molecule has 0 rings (SSSR count). The van der Waals surface area contributed by atoms with Crippen LogP contribution in [0.3, 0.4) is 0 Å². The molecule has 4 heteroatoms. The fourth-order valence-electron chi connectivity index (χ4n) is 0.750. The van der Waals surface area contributed by atoms with Crippen LogP contribution >= 0.6 is 22.6 Å². The molecule has 0 aliphatic heterocycles. The summed E-state index contributed by atoms with van der Waals surface area (Å²) in [4.78, 5) is 11.8. The Hall–Kier alpha value is -0.440. The number of carbonyl (C=O) groups is 1. The van der Waals surface area contributed by atoms with Crippen LogP contribution in [-0.4, -0.2) is 33.6 Å². The summed E-state index contributed by atoms with van der Waals surface area (Å²) in [6.07, 6.45) is 6.01. The molecule has 0 spiro atoms. The van der Waals surface area contributed by atoms with E-state index in [0.29, 0.717) is 6.54 Å². The van der Waals surface area contributed by atoms with Gasteiger partial charge in [0.25, 0.3) is 0 Å². The second-order valence-electron chi connectivity index (χ2n) is 2.30. The molecule has 68 valence electrons. The number of unbranched alkanes of at least 4 members (excludes halogenated alkanes) is 1. The lowest BCUT2D eigenvalue weighted by Crippen LogP contribution is -2.30. The summed E-state index contributed by atoms with van der Waals surface area (Å²) in [6, 6.07) is 0. The van der Waals surface area contributed by atoms with Gasteiger partial charge in [-0.1, -0.05) is 28.5 Å². The summed E-state index contributed by atoms with van der Waals surface area (Å²) < 4.78 is 1.06. The smallest absolute Gasteiger partial charge is 0.408 e. The SMILES string of the molecule is C#CCN(CCCCI)C(=O)O. The Balaban J connectivity index is 3.65. The van der Waals surface area contributed by atoms with Gasteiger partial charge >= 0.3 is 6.09 Å². The zero-order chi connectivity index (χ0) is 9.40. The third-order valence-corrected chi connectivity index (χ3v) is 2.13. The molecule has 0 heterocycles. The summed E-state index contributed by atoms with van der Waals surface area (Å²) in [5.74, 6) is 2.32. The molecule has 0 aromatic heterocycles. The minimum Gasteiger partial charge on any atom is -0.465 e. The van der Waals surface area contributed by atoms with Crippen molar-refractivity contribution in [3.63, 3.8) is 0 Å². The molecule has 0 atom stereocenters. The third-order valence-electron chi connectivity index (χ3n) is 1.36. The van der Waals surface area contributed by atoms with E-state index < -0.39 is 6.09 Å². The van der Waals surface area contributed by atoms with Crippen molar-refractivity contribution in [2.75, 3.05) is 17.5 Å². The van der Waals surface area contributed by atoms with E-state index in [-0.39, 0.29) is 6.54 Å². The van der Waals surface area contributed by atoms with E-state index in [9.17, 15) is 4.79 Å². The van der Waals surface area contributed by atoms with Gasteiger partial charge in [0.2, 0.25) is 0 Å². The molecule has 0 aliphatic rings. The van der Waals surface area contributed by atoms with Crippen molar-refractivity contribution >= 4 is 28.7 Å². The second kappa shape index (κ2) is 7.22. The minimum atomic E-state index is -0.929. The van der Waals surface area contributed by atoms with Gasteiger partial charge in [0, 0.05) is 6.54 Å². The molecule has 0 fully saturated rings. The molecule has 0 bridgehead atoms. The highest BCUT2D eigenvalue weighted by molar-refractivity contribution is 14.1. The molecule has 1 amide bonds. The van der Waals surface area contributed by atoms with Crippen LogP contribution in [0.2, 0.25) is 0 Å². The monoisotopic (exact) mass is 281 g/mol. The first kappa shape index (κ1) is 11.6. The lowest BCUT2D eigenvalue weighted by Gasteiger charge is -2.15. The maximum absolute atomic E-state index is 10.5.